The van der Waals surface area contributed by atoms with Crippen LogP contribution in [0.25, 0.3) is 0 Å². The summed E-state index contributed by atoms with van der Waals surface area (Å²) in [6, 6.07) is 1.77. The van der Waals surface area contributed by atoms with Gasteiger partial charge in [-0.05, 0) is 0 Å². The van der Waals surface area contributed by atoms with Gasteiger partial charge in [-0.25, -0.2) is 0 Å². The fourth-order valence-corrected chi connectivity index (χ4v) is 0.0456. The van der Waals surface area contributed by atoms with Crippen molar-refractivity contribution in [3.05, 3.63) is 0 Å². The zero-order valence-electron chi connectivity index (χ0n) is 2.73. The average Bonchev–Trinajstić information content (AvgIpc) is 1.41. The van der Waals surface area contributed by atoms with Crippen LogP contribution < -0.4 is 0 Å². The van der Waals surface area contributed by atoms with Crippen LogP contribution in [-0.2, 0) is 0 Å². The molecule has 0 bridgehead atoms. The first-order valence-corrected chi connectivity index (χ1v) is 1.27. The van der Waals surface area contributed by atoms with Crippen molar-refractivity contribution >= 4 is 6.21 Å². The molecule has 0 saturated carbocycles. The second kappa shape index (κ2) is 3.16. The Morgan fingerprint density at radius 2 is 2.60 bits per heavy atom. The maximum Gasteiger partial charge on any atom is 0.0698 e. The first kappa shape index (κ1) is 4.16. The standard InChI is InChI=1S/C3H4N2/c4-2-1-3-5/h2,4H,1H2. The molecule has 0 aromatic rings. The molecule has 0 aromatic carbocycles. The van der Waals surface area contributed by atoms with Crippen LogP contribution in [0.5, 0.6) is 0 Å². The van der Waals surface area contributed by atoms with Crippen LogP contribution in [0.2, 0.25) is 0 Å². The first-order chi connectivity index (χ1) is 2.41. The quantitative estimate of drug-likeness (QED) is 0.448. The summed E-state index contributed by atoms with van der Waals surface area (Å²) in [5.74, 6) is 0. The molecule has 2 nitrogen and oxygen atoms in total. The maximum atomic E-state index is 7.66. The largest absolute Gasteiger partial charge is 0.312 e. The molecule has 0 saturated heterocycles. The van der Waals surface area contributed by atoms with E-state index < -0.39 is 0 Å². The molecule has 0 fully saturated rings. The molecule has 0 radical (unpaired) electrons. The lowest BCUT2D eigenvalue weighted by atomic mass is 10.5. The summed E-state index contributed by atoms with van der Waals surface area (Å²) < 4.78 is 0. The van der Waals surface area contributed by atoms with Crippen LogP contribution in [0.15, 0.2) is 0 Å². The van der Waals surface area contributed by atoms with Gasteiger partial charge in [0.25, 0.3) is 0 Å². The predicted octanol–water partition coefficient (Wildman–Crippen LogP) is 0.550. The van der Waals surface area contributed by atoms with Crippen molar-refractivity contribution in [2.75, 3.05) is 0 Å². The van der Waals surface area contributed by atoms with E-state index in [1.807, 2.05) is 0 Å². The van der Waals surface area contributed by atoms with Gasteiger partial charge in [0.15, 0.2) is 0 Å². The molecule has 1 N–H and O–H groups in total. The van der Waals surface area contributed by atoms with Gasteiger partial charge in [0, 0.05) is 6.21 Å². The van der Waals surface area contributed by atoms with Crippen molar-refractivity contribution in [1.29, 1.82) is 10.7 Å². The molecule has 0 aliphatic carbocycles. The Hall–Kier alpha value is -0.840. The molecule has 0 unspecified atom stereocenters. The Kier molecular flexibility index (Phi) is 2.63. The van der Waals surface area contributed by atoms with Crippen molar-refractivity contribution in [3.8, 4) is 6.07 Å². The molecule has 0 atom stereocenters. The van der Waals surface area contributed by atoms with Crippen LogP contribution >= 0.6 is 0 Å². The van der Waals surface area contributed by atoms with Crippen molar-refractivity contribution in [2.24, 2.45) is 0 Å². The van der Waals surface area contributed by atoms with Gasteiger partial charge in [-0.2, -0.15) is 5.26 Å². The summed E-state index contributed by atoms with van der Waals surface area (Å²) in [6.07, 6.45) is 1.31. The van der Waals surface area contributed by atoms with E-state index in [9.17, 15) is 0 Å². The van der Waals surface area contributed by atoms with Gasteiger partial charge in [0.1, 0.15) is 0 Å². The fraction of sp³-hybridized carbons (Fsp3) is 0.333. The molecule has 0 aromatic heterocycles. The SMILES string of the molecule is N#CCC=N. The Morgan fingerprint density at radius 3 is 2.60 bits per heavy atom. The van der Waals surface area contributed by atoms with Crippen LogP contribution in [0, 0.1) is 16.7 Å². The molecule has 26 valence electrons. The highest BCUT2D eigenvalue weighted by Crippen LogP contribution is 1.56. The first-order valence-electron chi connectivity index (χ1n) is 1.27. The Bertz CT molecular complexity index is 59.8. The summed E-state index contributed by atoms with van der Waals surface area (Å²) in [7, 11) is 0. The van der Waals surface area contributed by atoms with Crippen LogP contribution in [0.1, 0.15) is 6.42 Å². The second-order valence-corrected chi connectivity index (χ2v) is 0.566. The molecule has 2 heteroatoms. The van der Waals surface area contributed by atoms with Gasteiger partial charge in [-0.1, -0.05) is 0 Å². The van der Waals surface area contributed by atoms with E-state index in [1.165, 1.54) is 0 Å². The summed E-state index contributed by atoms with van der Waals surface area (Å²) in [6.45, 7) is 0. The third-order valence-electron chi connectivity index (χ3n) is 0.193. The van der Waals surface area contributed by atoms with Crippen molar-refractivity contribution < 1.29 is 0 Å². The third-order valence-corrected chi connectivity index (χ3v) is 0.193. The number of hydrogen-bond acceptors (Lipinski definition) is 2. The summed E-state index contributed by atoms with van der Waals surface area (Å²) in [5, 5.41) is 13.9. The maximum absolute atomic E-state index is 7.66. The number of rotatable bonds is 1. The molecular formula is C3H4N2. The predicted molar refractivity (Wildman–Crippen MR) is 19.0 cm³/mol. The van der Waals surface area contributed by atoms with E-state index in [0.717, 1.165) is 6.21 Å². The highest BCUT2D eigenvalue weighted by Gasteiger charge is 1.59. The lowest BCUT2D eigenvalue weighted by molar-refractivity contribution is 1.39. The van der Waals surface area contributed by atoms with Crippen molar-refractivity contribution in [2.45, 2.75) is 6.42 Å². The lowest BCUT2D eigenvalue weighted by Gasteiger charge is -1.54. The third kappa shape index (κ3) is 3.16. The Morgan fingerprint density at radius 1 is 2.00 bits per heavy atom. The zero-order chi connectivity index (χ0) is 4.12. The van der Waals surface area contributed by atoms with E-state index in [4.69, 9.17) is 10.7 Å². The van der Waals surface area contributed by atoms with Gasteiger partial charge in [0.05, 0.1) is 12.5 Å². The lowest BCUT2D eigenvalue weighted by Crippen LogP contribution is -1.58. The topological polar surface area (TPSA) is 47.6 Å². The van der Waals surface area contributed by atoms with E-state index in [0.29, 0.717) is 0 Å². The van der Waals surface area contributed by atoms with E-state index >= 15 is 0 Å². The van der Waals surface area contributed by atoms with Gasteiger partial charge in [0.2, 0.25) is 0 Å². The molecule has 0 aliphatic rings. The normalized spacial score (nSPS) is 5.40. The van der Waals surface area contributed by atoms with E-state index in [1.54, 1.807) is 6.07 Å². The number of nitrogens with one attached hydrogen (secondary N) is 1. The zero-order valence-corrected chi connectivity index (χ0v) is 2.73. The molecule has 0 spiro atoms. The van der Waals surface area contributed by atoms with Gasteiger partial charge < -0.3 is 5.41 Å². The molecule has 0 aliphatic heterocycles. The van der Waals surface area contributed by atoms with Crippen LogP contribution in [-0.4, -0.2) is 6.21 Å². The molecule has 0 amide bonds. The highest BCUT2D eigenvalue weighted by atomic mass is 14.3. The van der Waals surface area contributed by atoms with Crippen LogP contribution in [0.4, 0.5) is 0 Å². The Labute approximate surface area is 30.5 Å². The summed E-state index contributed by atoms with van der Waals surface area (Å²) in [5.41, 5.74) is 0. The minimum absolute atomic E-state index is 0.236. The fourth-order valence-electron chi connectivity index (χ4n) is 0.0456. The van der Waals surface area contributed by atoms with Gasteiger partial charge in [-0.3, -0.25) is 0 Å². The molecular weight excluding hydrogens is 64.0 g/mol. The van der Waals surface area contributed by atoms with Gasteiger partial charge in [-0.15, -0.1) is 0 Å². The van der Waals surface area contributed by atoms with Gasteiger partial charge >= 0.3 is 0 Å². The summed E-state index contributed by atoms with van der Waals surface area (Å²) in [4.78, 5) is 0. The van der Waals surface area contributed by atoms with E-state index in [-0.39, 0.29) is 6.42 Å². The minimum atomic E-state index is 0.236. The number of nitriles is 1. The van der Waals surface area contributed by atoms with E-state index in [2.05, 4.69) is 0 Å². The van der Waals surface area contributed by atoms with Crippen molar-refractivity contribution in [1.82, 2.24) is 0 Å². The number of hydrogen-bond donors (Lipinski definition) is 1. The molecule has 5 heavy (non-hydrogen) atoms. The minimum Gasteiger partial charge on any atom is -0.312 e. The van der Waals surface area contributed by atoms with Crippen molar-refractivity contribution in [3.63, 3.8) is 0 Å². The van der Waals surface area contributed by atoms with Crippen LogP contribution in [0.3, 0.4) is 0 Å². The number of nitrogens with zero attached hydrogens (tertiary/aromatic N) is 1. The smallest absolute Gasteiger partial charge is 0.0698 e. The average molecular weight is 68.1 g/mol. The second-order valence-electron chi connectivity index (χ2n) is 0.566. The molecule has 0 heterocycles. The molecule has 0 rings (SSSR count). The highest BCUT2D eigenvalue weighted by molar-refractivity contribution is 5.55. The monoisotopic (exact) mass is 68.0 g/mol. The Balaban J connectivity index is 2.75. The summed E-state index contributed by atoms with van der Waals surface area (Å²) >= 11 is 0.